The van der Waals surface area contributed by atoms with E-state index in [-0.39, 0.29) is 54.0 Å². The number of nitrogens with one attached hydrogen (secondary N) is 1. The zero-order chi connectivity index (χ0) is 30.5. The van der Waals surface area contributed by atoms with Gasteiger partial charge in [0.25, 0.3) is 0 Å². The second kappa shape index (κ2) is 13.9. The van der Waals surface area contributed by atoms with Crippen LogP contribution in [-0.2, 0) is 20.8 Å². The van der Waals surface area contributed by atoms with Gasteiger partial charge in [-0.25, -0.2) is 0 Å². The Morgan fingerprint density at radius 3 is 2.74 bits per heavy atom. The minimum Gasteiger partial charge on any atom is -0.496 e. The number of likely N-dealkylation sites (tertiary alicyclic amines) is 1. The van der Waals surface area contributed by atoms with Crippen LogP contribution in [0.15, 0.2) is 28.8 Å². The number of aromatic nitrogens is 2. The van der Waals surface area contributed by atoms with E-state index in [0.717, 1.165) is 37.7 Å². The average molecular weight is 594 g/mol. The van der Waals surface area contributed by atoms with Gasteiger partial charge in [-0.15, -0.1) is 0 Å². The van der Waals surface area contributed by atoms with E-state index < -0.39 is 0 Å². The van der Waals surface area contributed by atoms with Gasteiger partial charge in [-0.1, -0.05) is 38.1 Å². The van der Waals surface area contributed by atoms with E-state index >= 15 is 0 Å². The number of carbonyl (C=O) groups is 3. The van der Waals surface area contributed by atoms with Gasteiger partial charge in [0.15, 0.2) is 0 Å². The molecule has 0 aliphatic carbocycles. The second-order valence-electron chi connectivity index (χ2n) is 13.2. The third-order valence-corrected chi connectivity index (χ3v) is 9.56. The summed E-state index contributed by atoms with van der Waals surface area (Å²) >= 11 is 0. The summed E-state index contributed by atoms with van der Waals surface area (Å²) in [6, 6.07) is 7.69. The molecule has 3 fully saturated rings. The monoisotopic (exact) mass is 593 g/mol. The van der Waals surface area contributed by atoms with Crippen LogP contribution in [0.2, 0.25) is 0 Å². The van der Waals surface area contributed by atoms with Crippen LogP contribution in [0.5, 0.6) is 5.75 Å². The van der Waals surface area contributed by atoms with E-state index in [2.05, 4.69) is 41.1 Å². The molecule has 0 radical (unpaired) electrons. The molecule has 3 saturated heterocycles. The van der Waals surface area contributed by atoms with Gasteiger partial charge in [0.05, 0.1) is 12.7 Å². The van der Waals surface area contributed by atoms with Gasteiger partial charge in [-0.05, 0) is 67.9 Å². The molecule has 2 bridgehead atoms. The summed E-state index contributed by atoms with van der Waals surface area (Å²) in [6.07, 6.45) is 6.02. The van der Waals surface area contributed by atoms with E-state index in [0.29, 0.717) is 62.3 Å². The minimum atomic E-state index is 0.0559. The van der Waals surface area contributed by atoms with Crippen molar-refractivity contribution in [3.8, 4) is 17.1 Å². The van der Waals surface area contributed by atoms with Crippen LogP contribution in [-0.4, -0.2) is 76.5 Å². The number of methoxy groups -OCH3 is 1. The zero-order valence-electron chi connectivity index (χ0n) is 26.1. The highest BCUT2D eigenvalue weighted by molar-refractivity contribution is 5.78. The number of para-hydroxylation sites is 1. The summed E-state index contributed by atoms with van der Waals surface area (Å²) < 4.78 is 10.9. The Hall–Kier alpha value is -3.43. The molecule has 2 aromatic rings. The van der Waals surface area contributed by atoms with Gasteiger partial charge in [0.1, 0.15) is 5.75 Å². The molecule has 0 saturated carbocycles. The number of carbonyl (C=O) groups excluding carboxylic acids is 3. The summed E-state index contributed by atoms with van der Waals surface area (Å²) in [5.41, 5.74) is 0.744. The number of nitrogens with zero attached hydrogens (tertiary/aromatic N) is 4. The maximum atomic E-state index is 13.6. The normalized spacial score (nSPS) is 27.0. The van der Waals surface area contributed by atoms with Crippen molar-refractivity contribution in [1.82, 2.24) is 25.3 Å². The molecule has 3 amide bonds. The van der Waals surface area contributed by atoms with Gasteiger partial charge in [-0.3, -0.25) is 14.4 Å². The van der Waals surface area contributed by atoms with E-state index in [1.165, 1.54) is 0 Å². The molecular weight excluding hydrogens is 546 g/mol. The predicted octanol–water partition coefficient (Wildman–Crippen LogP) is 4.48. The highest BCUT2D eigenvalue weighted by Crippen LogP contribution is 2.37. The first-order valence-corrected chi connectivity index (χ1v) is 16.0. The number of piperidine rings is 2. The SMILES string of the molecule is COc1ccccc1-c1noc(CCC(=O)N2C[C@@H]3C[C@H](C2)[C@@H]2CCCC(=O)N[C@H](C(C)C)CC[C@@H](C)CC(=O)N2C3)n1. The molecule has 5 rings (SSSR count). The molecule has 3 aliphatic rings. The Bertz CT molecular complexity index is 1280. The van der Waals surface area contributed by atoms with E-state index in [4.69, 9.17) is 9.26 Å². The van der Waals surface area contributed by atoms with Gasteiger partial charge in [0, 0.05) is 57.4 Å². The van der Waals surface area contributed by atoms with Crippen molar-refractivity contribution in [1.29, 1.82) is 0 Å². The number of aryl methyl sites for hydroxylation is 1. The van der Waals surface area contributed by atoms with Crippen molar-refractivity contribution in [2.45, 2.75) is 90.6 Å². The van der Waals surface area contributed by atoms with Crippen LogP contribution in [0, 0.1) is 23.7 Å². The van der Waals surface area contributed by atoms with Crippen LogP contribution in [0.4, 0.5) is 0 Å². The Balaban J connectivity index is 1.22. The third kappa shape index (κ3) is 7.57. The summed E-state index contributed by atoms with van der Waals surface area (Å²) in [6.45, 7) is 8.43. The maximum absolute atomic E-state index is 13.6. The first-order chi connectivity index (χ1) is 20.7. The van der Waals surface area contributed by atoms with Crippen LogP contribution in [0.1, 0.15) is 78.0 Å². The van der Waals surface area contributed by atoms with Crippen molar-refractivity contribution in [2.75, 3.05) is 26.7 Å². The lowest BCUT2D eigenvalue weighted by Crippen LogP contribution is -2.60. The molecule has 234 valence electrons. The second-order valence-corrected chi connectivity index (χ2v) is 13.2. The number of fused-ring (bicyclic) bond motifs is 4. The molecule has 43 heavy (non-hydrogen) atoms. The molecule has 5 atom stereocenters. The van der Waals surface area contributed by atoms with Crippen LogP contribution < -0.4 is 10.1 Å². The lowest BCUT2D eigenvalue weighted by molar-refractivity contribution is -0.146. The van der Waals surface area contributed by atoms with Gasteiger partial charge in [0.2, 0.25) is 29.4 Å². The summed E-state index contributed by atoms with van der Waals surface area (Å²) in [4.78, 5) is 48.4. The Kier molecular flexibility index (Phi) is 10.0. The van der Waals surface area contributed by atoms with Crippen LogP contribution >= 0.6 is 0 Å². The standard InChI is InChI=1S/C33H47N5O5/c1-21(2)26-13-12-22(3)16-32(41)38-19-23-17-24(27(38)9-7-11-29(39)34-26)20-37(18-23)31(40)15-14-30-35-33(36-43-30)25-8-5-6-10-28(25)42-4/h5-6,8,10,21-24,26-27H,7,9,11-20H2,1-4H3,(H,34,39)/t22-,23+,24-,26+,27+/m1/s1. The Morgan fingerprint density at radius 2 is 1.95 bits per heavy atom. The molecule has 10 heteroatoms. The molecule has 1 aromatic heterocycles. The van der Waals surface area contributed by atoms with Crippen molar-refractivity contribution < 1.29 is 23.6 Å². The van der Waals surface area contributed by atoms with Crippen molar-refractivity contribution in [3.05, 3.63) is 30.2 Å². The third-order valence-electron chi connectivity index (χ3n) is 9.56. The molecule has 4 heterocycles. The summed E-state index contributed by atoms with van der Waals surface area (Å²) in [7, 11) is 1.60. The van der Waals surface area contributed by atoms with Gasteiger partial charge < -0.3 is 24.4 Å². The molecule has 3 aliphatic heterocycles. The number of benzene rings is 1. The Morgan fingerprint density at radius 1 is 1.14 bits per heavy atom. The molecule has 10 nitrogen and oxygen atoms in total. The fraction of sp³-hybridized carbons (Fsp3) is 0.667. The molecule has 1 N–H and O–H groups in total. The topological polar surface area (TPSA) is 118 Å². The fourth-order valence-electron chi connectivity index (χ4n) is 7.18. The first kappa shape index (κ1) is 31.0. The molecule has 1 aromatic carbocycles. The number of hydrogen-bond acceptors (Lipinski definition) is 7. The van der Waals surface area contributed by atoms with Crippen molar-refractivity contribution in [2.24, 2.45) is 23.7 Å². The number of ether oxygens (including phenoxy) is 1. The highest BCUT2D eigenvalue weighted by Gasteiger charge is 2.43. The van der Waals surface area contributed by atoms with Crippen LogP contribution in [0.25, 0.3) is 11.4 Å². The summed E-state index contributed by atoms with van der Waals surface area (Å²) in [5, 5.41) is 7.35. The summed E-state index contributed by atoms with van der Waals surface area (Å²) in [5.74, 6) is 3.04. The first-order valence-electron chi connectivity index (χ1n) is 16.0. The van der Waals surface area contributed by atoms with Gasteiger partial charge in [-0.2, -0.15) is 4.98 Å². The predicted molar refractivity (Wildman–Crippen MR) is 162 cm³/mol. The number of amides is 3. The van der Waals surface area contributed by atoms with Gasteiger partial charge >= 0.3 is 0 Å². The quantitative estimate of drug-likeness (QED) is 0.525. The van der Waals surface area contributed by atoms with Crippen LogP contribution in [0.3, 0.4) is 0 Å². The zero-order valence-corrected chi connectivity index (χ0v) is 26.1. The largest absolute Gasteiger partial charge is 0.496 e. The Labute approximate surface area is 254 Å². The smallest absolute Gasteiger partial charge is 0.227 e. The maximum Gasteiger partial charge on any atom is 0.227 e. The molecular formula is C33H47N5O5. The fourth-order valence-corrected chi connectivity index (χ4v) is 7.18. The number of hydrogen-bond donors (Lipinski definition) is 1. The number of rotatable bonds is 6. The minimum absolute atomic E-state index is 0.0559. The highest BCUT2D eigenvalue weighted by atomic mass is 16.5. The lowest BCUT2D eigenvalue weighted by atomic mass is 9.77. The van der Waals surface area contributed by atoms with E-state index in [1.807, 2.05) is 29.2 Å². The molecule has 0 unspecified atom stereocenters. The average Bonchev–Trinajstić information content (AvgIpc) is 3.47. The van der Waals surface area contributed by atoms with Crippen molar-refractivity contribution in [3.63, 3.8) is 0 Å². The molecule has 0 spiro atoms. The van der Waals surface area contributed by atoms with E-state index in [1.54, 1.807) is 7.11 Å². The van der Waals surface area contributed by atoms with Crippen molar-refractivity contribution >= 4 is 17.7 Å². The lowest BCUT2D eigenvalue weighted by Gasteiger charge is -2.51. The van der Waals surface area contributed by atoms with E-state index in [9.17, 15) is 14.4 Å².